The molecule has 7 nitrogen and oxygen atoms in total. The normalized spacial score (nSPS) is 14.4. The maximum atomic E-state index is 13.8. The lowest BCUT2D eigenvalue weighted by Crippen LogP contribution is -2.14. The first-order valence-electron chi connectivity index (χ1n) is 13.4. The third kappa shape index (κ3) is 5.70. The van der Waals surface area contributed by atoms with Crippen molar-refractivity contribution >= 4 is 33.9 Å². The number of anilines is 2. The zero-order chi connectivity index (χ0) is 28.3. The maximum Gasteiger partial charge on any atom is 0.123 e. The van der Waals surface area contributed by atoms with Gasteiger partial charge in [0.2, 0.25) is 0 Å². The molecule has 2 atom stereocenters. The van der Waals surface area contributed by atoms with Gasteiger partial charge in [-0.25, -0.2) is 9.07 Å². The van der Waals surface area contributed by atoms with Gasteiger partial charge in [-0.1, -0.05) is 59.3 Å². The molecule has 41 heavy (non-hydrogen) atoms. The molecule has 0 amide bonds. The number of fused-ring (bicyclic) bond motifs is 1. The topological polar surface area (TPSA) is 91.5 Å². The number of pyridine rings is 1. The van der Waals surface area contributed by atoms with Crippen molar-refractivity contribution in [3.63, 3.8) is 0 Å². The van der Waals surface area contributed by atoms with E-state index in [2.05, 4.69) is 32.0 Å². The molecule has 2 heterocycles. The Bertz CT molecular complexity index is 1710. The van der Waals surface area contributed by atoms with E-state index >= 15 is 0 Å². The lowest BCUT2D eigenvalue weighted by molar-refractivity contribution is 0.451. The number of rotatable bonds is 10. The lowest BCUT2D eigenvalue weighted by atomic mass is 10.0. The van der Waals surface area contributed by atoms with Crippen LogP contribution >= 0.6 is 11.6 Å². The lowest BCUT2D eigenvalue weighted by Gasteiger charge is -2.23. The third-order valence-corrected chi connectivity index (χ3v) is 7.51. The summed E-state index contributed by atoms with van der Waals surface area (Å²) in [6, 6.07) is 21.1. The molecule has 0 radical (unpaired) electrons. The van der Waals surface area contributed by atoms with E-state index in [1.165, 1.54) is 18.3 Å². The Morgan fingerprint density at radius 3 is 2.54 bits per heavy atom. The van der Waals surface area contributed by atoms with Gasteiger partial charge in [-0.15, -0.1) is 5.10 Å². The molecule has 206 valence electrons. The Morgan fingerprint density at radius 2 is 1.83 bits per heavy atom. The number of nitrogens with zero attached hydrogens (tertiary/aromatic N) is 5. The first-order valence-corrected chi connectivity index (χ1v) is 13.8. The van der Waals surface area contributed by atoms with Gasteiger partial charge < -0.3 is 10.6 Å². The standard InChI is InChI=1S/C31H26ClF2N7/c32-26-15-23(37-30(20-6-8-22(34)9-7-20)28-18-41(40-39-28)24-10-11-24)14-25-29(21(16-35)17-36-31(25)26)38-27(12-13-33)19-4-2-1-3-5-19/h1-9,14-15,17-18,24,27,30,37H,10-13H2,(H,36,38). The van der Waals surface area contributed by atoms with Crippen LogP contribution < -0.4 is 10.6 Å². The molecule has 10 heteroatoms. The maximum absolute atomic E-state index is 13.8. The van der Waals surface area contributed by atoms with E-state index in [1.54, 1.807) is 18.2 Å². The minimum Gasteiger partial charge on any atom is -0.376 e. The second kappa shape index (κ2) is 11.5. The van der Waals surface area contributed by atoms with Crippen molar-refractivity contribution in [2.45, 2.75) is 37.4 Å². The average molecular weight is 570 g/mol. The Balaban J connectivity index is 1.42. The number of nitriles is 1. The first kappa shape index (κ1) is 26.7. The highest BCUT2D eigenvalue weighted by molar-refractivity contribution is 6.35. The highest BCUT2D eigenvalue weighted by Crippen LogP contribution is 2.38. The molecule has 3 aromatic carbocycles. The summed E-state index contributed by atoms with van der Waals surface area (Å²) in [4.78, 5) is 4.45. The van der Waals surface area contributed by atoms with E-state index in [-0.39, 0.29) is 18.3 Å². The summed E-state index contributed by atoms with van der Waals surface area (Å²) in [6.45, 7) is -0.536. The fraction of sp³-hybridized carbons (Fsp3) is 0.226. The molecule has 5 aromatic rings. The molecule has 0 saturated heterocycles. The Morgan fingerprint density at radius 1 is 1.05 bits per heavy atom. The summed E-state index contributed by atoms with van der Waals surface area (Å²) >= 11 is 6.74. The van der Waals surface area contributed by atoms with Crippen LogP contribution in [0.25, 0.3) is 10.9 Å². The molecule has 0 bridgehead atoms. The highest BCUT2D eigenvalue weighted by atomic mass is 35.5. The van der Waals surface area contributed by atoms with Gasteiger partial charge in [0.15, 0.2) is 0 Å². The van der Waals surface area contributed by atoms with Crippen molar-refractivity contribution in [1.29, 1.82) is 5.26 Å². The van der Waals surface area contributed by atoms with Crippen LogP contribution in [0, 0.1) is 17.1 Å². The minimum absolute atomic E-state index is 0.216. The largest absolute Gasteiger partial charge is 0.376 e. The van der Waals surface area contributed by atoms with Crippen molar-refractivity contribution in [3.8, 4) is 6.07 Å². The van der Waals surface area contributed by atoms with Crippen LogP contribution in [0.3, 0.4) is 0 Å². The number of benzene rings is 3. The first-order chi connectivity index (χ1) is 20.0. The Hall–Kier alpha value is -4.55. The number of aromatic nitrogens is 4. The van der Waals surface area contributed by atoms with Gasteiger partial charge >= 0.3 is 0 Å². The van der Waals surface area contributed by atoms with Crippen molar-refractivity contribution in [2.75, 3.05) is 17.3 Å². The minimum atomic E-state index is -0.536. The molecule has 1 saturated carbocycles. The number of hydrogen-bond donors (Lipinski definition) is 2. The van der Waals surface area contributed by atoms with Crippen molar-refractivity contribution in [3.05, 3.63) is 112 Å². The summed E-state index contributed by atoms with van der Waals surface area (Å²) in [6.07, 6.45) is 5.72. The second-order valence-corrected chi connectivity index (χ2v) is 10.5. The average Bonchev–Trinajstić information content (AvgIpc) is 3.73. The number of hydrogen-bond acceptors (Lipinski definition) is 6. The molecule has 6 rings (SSSR count). The summed E-state index contributed by atoms with van der Waals surface area (Å²) in [5.74, 6) is -0.338. The highest BCUT2D eigenvalue weighted by Gasteiger charge is 2.27. The quantitative estimate of drug-likeness (QED) is 0.180. The summed E-state index contributed by atoms with van der Waals surface area (Å²) in [5, 5.41) is 26.5. The van der Waals surface area contributed by atoms with Gasteiger partial charge in [-0.3, -0.25) is 9.37 Å². The van der Waals surface area contributed by atoms with Crippen LogP contribution in [0.5, 0.6) is 0 Å². The van der Waals surface area contributed by atoms with Gasteiger partial charge in [-0.2, -0.15) is 5.26 Å². The molecule has 1 aliphatic carbocycles. The monoisotopic (exact) mass is 569 g/mol. The van der Waals surface area contributed by atoms with E-state index in [0.29, 0.717) is 44.6 Å². The van der Waals surface area contributed by atoms with E-state index in [9.17, 15) is 14.0 Å². The van der Waals surface area contributed by atoms with Gasteiger partial charge in [0.05, 0.1) is 52.8 Å². The number of halogens is 3. The van der Waals surface area contributed by atoms with Crippen LogP contribution in [0.2, 0.25) is 5.02 Å². The predicted molar refractivity (Wildman–Crippen MR) is 155 cm³/mol. The third-order valence-electron chi connectivity index (χ3n) is 7.22. The van der Waals surface area contributed by atoms with E-state index < -0.39 is 12.7 Å². The van der Waals surface area contributed by atoms with Crippen molar-refractivity contribution < 1.29 is 8.78 Å². The molecule has 2 unspecified atom stereocenters. The predicted octanol–water partition coefficient (Wildman–Crippen LogP) is 7.54. The number of alkyl halides is 1. The molecule has 1 aliphatic rings. The van der Waals surface area contributed by atoms with E-state index in [4.69, 9.17) is 11.6 Å². The molecule has 2 N–H and O–H groups in total. The van der Waals surface area contributed by atoms with Crippen LogP contribution in [-0.2, 0) is 0 Å². The van der Waals surface area contributed by atoms with Gasteiger partial charge in [0.25, 0.3) is 0 Å². The van der Waals surface area contributed by atoms with Crippen LogP contribution in [0.1, 0.15) is 59.8 Å². The number of nitrogens with one attached hydrogen (secondary N) is 2. The van der Waals surface area contributed by atoms with Crippen LogP contribution in [-0.4, -0.2) is 26.7 Å². The molecular formula is C31H26ClF2N7. The van der Waals surface area contributed by atoms with Crippen LogP contribution in [0.4, 0.5) is 20.2 Å². The summed E-state index contributed by atoms with van der Waals surface area (Å²) in [5.41, 5.74) is 4.34. The van der Waals surface area contributed by atoms with Crippen LogP contribution in [0.15, 0.2) is 79.1 Å². The second-order valence-electron chi connectivity index (χ2n) is 10.1. The summed E-state index contributed by atoms with van der Waals surface area (Å²) < 4.78 is 29.3. The van der Waals surface area contributed by atoms with Crippen molar-refractivity contribution in [1.82, 2.24) is 20.0 Å². The fourth-order valence-corrected chi connectivity index (χ4v) is 5.23. The Labute approximate surface area is 240 Å². The molecular weight excluding hydrogens is 544 g/mol. The molecule has 0 spiro atoms. The SMILES string of the molecule is N#Cc1cnc2c(Cl)cc(NC(c3ccc(F)cc3)c3cn(C4CC4)nn3)cc2c1NC(CCF)c1ccccc1. The van der Waals surface area contributed by atoms with E-state index in [1.807, 2.05) is 47.3 Å². The van der Waals surface area contributed by atoms with Gasteiger partial charge in [-0.05, 0) is 48.2 Å². The van der Waals surface area contributed by atoms with Gasteiger partial charge in [0, 0.05) is 23.7 Å². The molecule has 2 aromatic heterocycles. The summed E-state index contributed by atoms with van der Waals surface area (Å²) in [7, 11) is 0. The van der Waals surface area contributed by atoms with Crippen molar-refractivity contribution in [2.24, 2.45) is 0 Å². The molecule has 1 fully saturated rings. The molecule has 0 aliphatic heterocycles. The zero-order valence-electron chi connectivity index (χ0n) is 21.9. The smallest absolute Gasteiger partial charge is 0.123 e. The zero-order valence-corrected chi connectivity index (χ0v) is 22.7. The fourth-order valence-electron chi connectivity index (χ4n) is 4.96. The Kier molecular flexibility index (Phi) is 7.49. The van der Waals surface area contributed by atoms with Gasteiger partial charge in [0.1, 0.15) is 17.6 Å². The van der Waals surface area contributed by atoms with E-state index in [0.717, 1.165) is 24.0 Å².